The Kier molecular flexibility index (Phi) is 7.48. The zero-order valence-electron chi connectivity index (χ0n) is 19.7. The number of aromatic nitrogens is 3. The molecule has 2 heterocycles. The average Bonchev–Trinajstić information content (AvgIpc) is 3.21. The smallest absolute Gasteiger partial charge is 0.349 e. The predicted octanol–water partition coefficient (Wildman–Crippen LogP) is 3.61. The van der Waals surface area contributed by atoms with E-state index in [9.17, 15) is 4.79 Å². The maximum absolute atomic E-state index is 12.6. The fourth-order valence-corrected chi connectivity index (χ4v) is 3.79. The molecule has 0 saturated carbocycles. The van der Waals surface area contributed by atoms with Gasteiger partial charge in [-0.25, -0.2) is 4.79 Å². The van der Waals surface area contributed by atoms with E-state index in [0.717, 1.165) is 41.4 Å². The molecule has 4 rings (SSSR count). The van der Waals surface area contributed by atoms with Gasteiger partial charge in [0, 0.05) is 37.7 Å². The van der Waals surface area contributed by atoms with Gasteiger partial charge in [-0.05, 0) is 74.5 Å². The van der Waals surface area contributed by atoms with Gasteiger partial charge >= 0.3 is 6.03 Å². The van der Waals surface area contributed by atoms with Crippen LogP contribution in [0.5, 0.6) is 5.75 Å². The maximum Gasteiger partial charge on any atom is 0.349 e. The van der Waals surface area contributed by atoms with Crippen molar-refractivity contribution in [1.29, 1.82) is 0 Å². The van der Waals surface area contributed by atoms with Crippen LogP contribution in [-0.2, 0) is 0 Å². The highest BCUT2D eigenvalue weighted by Crippen LogP contribution is 2.20. The molecule has 1 saturated heterocycles. The van der Waals surface area contributed by atoms with Gasteiger partial charge in [0.25, 0.3) is 0 Å². The van der Waals surface area contributed by atoms with Crippen LogP contribution in [0.4, 0.5) is 33.8 Å². The summed E-state index contributed by atoms with van der Waals surface area (Å²) in [6, 6.07) is 14.5. The summed E-state index contributed by atoms with van der Waals surface area (Å²) in [5, 5.41) is 10.0. The van der Waals surface area contributed by atoms with Crippen molar-refractivity contribution in [1.82, 2.24) is 19.7 Å². The van der Waals surface area contributed by atoms with Crippen LogP contribution in [0, 0.1) is 0 Å². The summed E-state index contributed by atoms with van der Waals surface area (Å²) in [6.07, 6.45) is 3.89. The molecule has 2 aromatic carbocycles. The van der Waals surface area contributed by atoms with Crippen molar-refractivity contribution in [2.75, 3.05) is 61.6 Å². The minimum absolute atomic E-state index is 0.0115. The molecule has 10 heteroatoms. The Labute approximate surface area is 199 Å². The van der Waals surface area contributed by atoms with Crippen LogP contribution in [-0.4, -0.2) is 66.0 Å². The van der Waals surface area contributed by atoms with Crippen molar-refractivity contribution in [3.8, 4) is 5.75 Å². The van der Waals surface area contributed by atoms with Gasteiger partial charge in [0.15, 0.2) is 0 Å². The van der Waals surface area contributed by atoms with E-state index in [0.29, 0.717) is 12.3 Å². The zero-order chi connectivity index (χ0) is 23.9. The number of likely N-dealkylation sites (tertiary alicyclic amines) is 1. The standard InChI is InChI=1S/C24H32N8O2/c1-30(2)20-10-6-19(7-11-20)27-24(33)32-22(25)28-23(29-32)26-18-8-12-21(13-9-18)34-17-16-31-14-4-3-5-15-31/h6-13H,3-5,14-17H2,1-2H3,(H,27,33)(H3,25,26,28,29). The number of nitrogens with zero attached hydrogens (tertiary/aromatic N) is 5. The van der Waals surface area contributed by atoms with Crippen molar-refractivity contribution in [3.05, 3.63) is 48.5 Å². The van der Waals surface area contributed by atoms with E-state index in [2.05, 4.69) is 25.6 Å². The van der Waals surface area contributed by atoms with Gasteiger partial charge in [0.1, 0.15) is 12.4 Å². The van der Waals surface area contributed by atoms with Crippen LogP contribution in [0.25, 0.3) is 0 Å². The number of hydrogen-bond donors (Lipinski definition) is 3. The Bertz CT molecular complexity index is 1070. The van der Waals surface area contributed by atoms with Gasteiger partial charge in [0.2, 0.25) is 11.9 Å². The lowest BCUT2D eigenvalue weighted by molar-refractivity contribution is 0.183. The number of piperidine rings is 1. The number of hydrogen-bond acceptors (Lipinski definition) is 8. The van der Waals surface area contributed by atoms with E-state index in [1.54, 1.807) is 0 Å². The number of carbonyl (C=O) groups excluding carboxylic acids is 1. The van der Waals surface area contributed by atoms with Gasteiger partial charge in [-0.1, -0.05) is 6.42 Å². The summed E-state index contributed by atoms with van der Waals surface area (Å²) >= 11 is 0. The first kappa shape index (κ1) is 23.4. The molecule has 3 aromatic rings. The molecule has 0 radical (unpaired) electrons. The molecule has 1 amide bonds. The summed E-state index contributed by atoms with van der Waals surface area (Å²) in [7, 11) is 3.91. The zero-order valence-corrected chi connectivity index (χ0v) is 19.7. The predicted molar refractivity (Wildman–Crippen MR) is 135 cm³/mol. The molecule has 1 aliphatic heterocycles. The minimum atomic E-state index is -0.492. The molecular formula is C24H32N8O2. The third kappa shape index (κ3) is 6.16. The quantitative estimate of drug-likeness (QED) is 0.463. The van der Waals surface area contributed by atoms with E-state index in [1.165, 1.54) is 19.3 Å². The summed E-state index contributed by atoms with van der Waals surface area (Å²) in [4.78, 5) is 21.2. The van der Waals surface area contributed by atoms with Crippen molar-refractivity contribution >= 4 is 35.0 Å². The van der Waals surface area contributed by atoms with E-state index in [1.807, 2.05) is 67.5 Å². The van der Waals surface area contributed by atoms with Gasteiger partial charge in [-0.3, -0.25) is 4.90 Å². The van der Waals surface area contributed by atoms with Gasteiger partial charge < -0.3 is 26.0 Å². The number of anilines is 5. The monoisotopic (exact) mass is 464 g/mol. The second-order valence-electron chi connectivity index (χ2n) is 8.48. The van der Waals surface area contributed by atoms with Crippen LogP contribution >= 0.6 is 0 Å². The van der Waals surface area contributed by atoms with Crippen molar-refractivity contribution in [2.24, 2.45) is 0 Å². The second kappa shape index (κ2) is 10.9. The largest absolute Gasteiger partial charge is 0.492 e. The molecule has 0 unspecified atom stereocenters. The molecule has 0 spiro atoms. The number of carbonyl (C=O) groups is 1. The molecule has 0 bridgehead atoms. The number of benzene rings is 2. The molecule has 0 atom stereocenters. The number of nitrogen functional groups attached to an aromatic ring is 1. The first-order chi connectivity index (χ1) is 16.5. The fraction of sp³-hybridized carbons (Fsp3) is 0.375. The Morgan fingerprint density at radius 3 is 2.38 bits per heavy atom. The molecule has 1 aromatic heterocycles. The minimum Gasteiger partial charge on any atom is -0.492 e. The molecule has 0 aliphatic carbocycles. The first-order valence-corrected chi connectivity index (χ1v) is 11.5. The molecule has 1 fully saturated rings. The summed E-state index contributed by atoms with van der Waals surface area (Å²) < 4.78 is 6.89. The highest BCUT2D eigenvalue weighted by atomic mass is 16.5. The van der Waals surface area contributed by atoms with E-state index in [-0.39, 0.29) is 11.9 Å². The van der Waals surface area contributed by atoms with Crippen LogP contribution in [0.2, 0.25) is 0 Å². The third-order valence-corrected chi connectivity index (χ3v) is 5.69. The molecule has 10 nitrogen and oxygen atoms in total. The Hall–Kier alpha value is -3.79. The highest BCUT2D eigenvalue weighted by Gasteiger charge is 2.15. The first-order valence-electron chi connectivity index (χ1n) is 11.5. The molecule has 34 heavy (non-hydrogen) atoms. The summed E-state index contributed by atoms with van der Waals surface area (Å²) in [5.41, 5.74) is 8.34. The van der Waals surface area contributed by atoms with Crippen molar-refractivity contribution < 1.29 is 9.53 Å². The van der Waals surface area contributed by atoms with Crippen molar-refractivity contribution in [2.45, 2.75) is 19.3 Å². The highest BCUT2D eigenvalue weighted by molar-refractivity contribution is 5.92. The second-order valence-corrected chi connectivity index (χ2v) is 8.48. The van der Waals surface area contributed by atoms with Crippen LogP contribution in [0.3, 0.4) is 0 Å². The summed E-state index contributed by atoms with van der Waals surface area (Å²) in [5.74, 6) is 1.03. The molecule has 180 valence electrons. The van der Waals surface area contributed by atoms with E-state index >= 15 is 0 Å². The number of nitrogens with one attached hydrogen (secondary N) is 2. The third-order valence-electron chi connectivity index (χ3n) is 5.69. The van der Waals surface area contributed by atoms with Crippen LogP contribution in [0.15, 0.2) is 48.5 Å². The lowest BCUT2D eigenvalue weighted by atomic mass is 10.1. The lowest BCUT2D eigenvalue weighted by Crippen LogP contribution is -2.33. The number of nitrogens with two attached hydrogens (primary N) is 1. The normalized spacial score (nSPS) is 13.9. The SMILES string of the molecule is CN(C)c1ccc(NC(=O)n2nc(Nc3ccc(OCCN4CCCCC4)cc3)nc2N)cc1. The number of ether oxygens (including phenoxy) is 1. The molecular weight excluding hydrogens is 432 g/mol. The number of rotatable bonds is 8. The fourth-order valence-electron chi connectivity index (χ4n) is 3.79. The topological polar surface area (TPSA) is 114 Å². The van der Waals surface area contributed by atoms with Crippen molar-refractivity contribution in [3.63, 3.8) is 0 Å². The van der Waals surface area contributed by atoms with Gasteiger partial charge in [-0.15, -0.1) is 9.78 Å². The number of amides is 1. The summed E-state index contributed by atoms with van der Waals surface area (Å²) in [6.45, 7) is 3.94. The lowest BCUT2D eigenvalue weighted by Gasteiger charge is -2.26. The average molecular weight is 465 g/mol. The van der Waals surface area contributed by atoms with Crippen LogP contribution in [0.1, 0.15) is 19.3 Å². The Balaban J connectivity index is 1.29. The van der Waals surface area contributed by atoms with Gasteiger partial charge in [-0.2, -0.15) is 4.98 Å². The Morgan fingerprint density at radius 1 is 1.03 bits per heavy atom. The van der Waals surface area contributed by atoms with E-state index in [4.69, 9.17) is 10.5 Å². The molecule has 4 N–H and O–H groups in total. The molecule has 1 aliphatic rings. The maximum atomic E-state index is 12.6. The van der Waals surface area contributed by atoms with Gasteiger partial charge in [0.05, 0.1) is 0 Å². The van der Waals surface area contributed by atoms with Crippen LogP contribution < -0.4 is 26.0 Å². The Morgan fingerprint density at radius 2 is 1.71 bits per heavy atom. The van der Waals surface area contributed by atoms with E-state index < -0.39 is 6.03 Å².